The first-order valence-corrected chi connectivity index (χ1v) is 48.2. The number of benzene rings is 5. The Labute approximate surface area is 809 Å². The quantitative estimate of drug-likeness (QED) is 0.0754. The largest absolute Gasteiger partial charge is 0.497 e. The molecule has 0 radical (unpaired) electrons. The van der Waals surface area contributed by atoms with Gasteiger partial charge in [-0.2, -0.15) is 0 Å². The molecule has 29 nitrogen and oxygen atoms in total. The number of pyridine rings is 5. The molecule has 15 heterocycles. The molecule has 718 valence electrons. The van der Waals surface area contributed by atoms with Gasteiger partial charge in [-0.3, -0.25) is 38.4 Å². The van der Waals surface area contributed by atoms with Gasteiger partial charge in [0, 0.05) is 233 Å². The molecule has 0 unspecified atom stereocenters. The molecule has 20 rings (SSSR count). The number of carbonyl (C=O) groups excluding carboxylic acids is 8. The average Bonchev–Trinajstić information content (AvgIpc) is 1.72. The SMILES string of the molecule is CN(C)C(=O)c1ccc(-n2ccc3cc(C(=O)N4CCCCC4)cnc32)cc1.CNC(=O)c1ccc(-n2ccc3cc(C(=O)N4CCCCC4)cnc32)cc1.COCCNC(=O)c1ccc(-n2ccc3cc(C(=O)N4CCCCC4)cnc32)cc1.COc1ccc(-n2ccc3cc(C(=O)N4C[C@H](C)C[C@H](C)C4)cnc32)cc1.COc1ccc(-n2ccc3cc(C(=O)N4[C@H](C)CCC[C@@H]4C)cnc32)cc1. The van der Waals surface area contributed by atoms with E-state index in [9.17, 15) is 38.4 Å². The van der Waals surface area contributed by atoms with E-state index in [4.69, 9.17) is 14.2 Å². The van der Waals surface area contributed by atoms with Crippen LogP contribution in [0.3, 0.4) is 0 Å². The first kappa shape index (κ1) is 97.0. The highest BCUT2D eigenvalue weighted by Crippen LogP contribution is 2.33. The number of likely N-dealkylation sites (tertiary alicyclic amines) is 5. The summed E-state index contributed by atoms with van der Waals surface area (Å²) in [4.78, 5) is 134. The molecular formula is C110H122N18O11. The number of fused-ring (bicyclic) bond motifs is 5. The lowest BCUT2D eigenvalue weighted by molar-refractivity contribution is 0.0509. The van der Waals surface area contributed by atoms with Crippen LogP contribution in [0.1, 0.15) is 194 Å². The monoisotopic (exact) mass is 1870 g/mol. The van der Waals surface area contributed by atoms with Gasteiger partial charge in [-0.25, -0.2) is 24.9 Å². The lowest BCUT2D eigenvalue weighted by atomic mass is 9.91. The van der Waals surface area contributed by atoms with E-state index in [1.807, 2.05) is 236 Å². The van der Waals surface area contributed by atoms with E-state index in [1.54, 1.807) is 103 Å². The molecule has 29 heteroatoms. The van der Waals surface area contributed by atoms with Crippen LogP contribution in [0, 0.1) is 11.8 Å². The fourth-order valence-corrected chi connectivity index (χ4v) is 19.1. The number of carbonyl (C=O) groups is 8. The van der Waals surface area contributed by atoms with Crippen molar-refractivity contribution in [3.63, 3.8) is 0 Å². The minimum absolute atomic E-state index is 0.0251. The van der Waals surface area contributed by atoms with Gasteiger partial charge in [-0.15, -0.1) is 0 Å². The molecule has 0 aliphatic carbocycles. The van der Waals surface area contributed by atoms with Crippen LogP contribution in [0.5, 0.6) is 11.5 Å². The van der Waals surface area contributed by atoms with E-state index in [1.165, 1.54) is 32.1 Å². The molecule has 15 aromatic rings. The zero-order chi connectivity index (χ0) is 97.3. The molecule has 4 atom stereocenters. The minimum Gasteiger partial charge on any atom is -0.497 e. The number of rotatable bonds is 18. The number of aromatic nitrogens is 10. The maximum absolute atomic E-state index is 13.1. The Balaban J connectivity index is 0.000000126. The van der Waals surface area contributed by atoms with Crippen molar-refractivity contribution in [3.05, 3.63) is 288 Å². The fraction of sp³-hybridized carbons (Fsp3) is 0.336. The third-order valence-electron chi connectivity index (χ3n) is 26.5. The topological polar surface area (TPSA) is 297 Å². The second-order valence-corrected chi connectivity index (χ2v) is 36.7. The Morgan fingerprint density at radius 3 is 0.928 bits per heavy atom. The van der Waals surface area contributed by atoms with Gasteiger partial charge in [0.1, 0.15) is 39.7 Å². The van der Waals surface area contributed by atoms with Crippen molar-refractivity contribution in [2.45, 2.75) is 123 Å². The summed E-state index contributed by atoms with van der Waals surface area (Å²) in [7, 11) is 10.0. The lowest BCUT2D eigenvalue weighted by Gasteiger charge is -2.39. The normalized spacial score (nSPS) is 16.5. The lowest BCUT2D eigenvalue weighted by Crippen LogP contribution is -2.47. The van der Waals surface area contributed by atoms with Crippen molar-refractivity contribution < 1.29 is 52.6 Å². The highest BCUT2D eigenvalue weighted by molar-refractivity contribution is 6.02. The predicted octanol–water partition coefficient (Wildman–Crippen LogP) is 18.0. The Morgan fingerprint density at radius 2 is 0.633 bits per heavy atom. The van der Waals surface area contributed by atoms with Gasteiger partial charge in [0.2, 0.25) is 0 Å². The summed E-state index contributed by atoms with van der Waals surface area (Å²) in [6, 6.07) is 58.0. The second kappa shape index (κ2) is 44.8. The number of amides is 8. The molecule has 0 bridgehead atoms. The zero-order valence-electron chi connectivity index (χ0n) is 80.8. The number of ether oxygens (including phenoxy) is 3. The van der Waals surface area contributed by atoms with Gasteiger partial charge in [-0.05, 0) is 291 Å². The molecule has 8 amide bonds. The Bertz CT molecular complexity index is 6840. The molecule has 2 N–H and O–H groups in total. The second-order valence-electron chi connectivity index (χ2n) is 36.7. The van der Waals surface area contributed by atoms with Crippen LogP contribution in [0.15, 0.2) is 244 Å². The van der Waals surface area contributed by atoms with Gasteiger partial charge in [-0.1, -0.05) is 13.8 Å². The minimum atomic E-state index is -0.130. The number of nitrogens with zero attached hydrogens (tertiary/aromatic N) is 16. The zero-order valence-corrected chi connectivity index (χ0v) is 80.8. The van der Waals surface area contributed by atoms with E-state index in [0.29, 0.717) is 69.5 Å². The number of nitrogens with one attached hydrogen (secondary N) is 2. The summed E-state index contributed by atoms with van der Waals surface area (Å²) in [5, 5.41) is 10.1. The number of hydrogen-bond donors (Lipinski definition) is 2. The summed E-state index contributed by atoms with van der Waals surface area (Å²) in [5.41, 5.74) is 13.9. The average molecular weight is 1870 g/mol. The van der Waals surface area contributed by atoms with Crippen LogP contribution >= 0.6 is 0 Å². The third-order valence-corrected chi connectivity index (χ3v) is 26.5. The maximum atomic E-state index is 13.1. The summed E-state index contributed by atoms with van der Waals surface area (Å²) in [6.45, 7) is 16.3. The van der Waals surface area contributed by atoms with Crippen LogP contribution < -0.4 is 20.1 Å². The number of methoxy groups -OCH3 is 3. The summed E-state index contributed by atoms with van der Waals surface area (Å²) in [6.07, 6.45) is 32.7. The van der Waals surface area contributed by atoms with Crippen LogP contribution in [0.4, 0.5) is 0 Å². The van der Waals surface area contributed by atoms with Crippen molar-refractivity contribution in [2.24, 2.45) is 11.8 Å². The van der Waals surface area contributed by atoms with E-state index < -0.39 is 0 Å². The summed E-state index contributed by atoms with van der Waals surface area (Å²) < 4.78 is 25.3. The van der Waals surface area contributed by atoms with Crippen molar-refractivity contribution in [3.8, 4) is 39.9 Å². The van der Waals surface area contributed by atoms with Gasteiger partial charge in [0.25, 0.3) is 47.3 Å². The molecule has 10 aromatic heterocycles. The van der Waals surface area contributed by atoms with E-state index >= 15 is 0 Å². The molecule has 5 aromatic carbocycles. The van der Waals surface area contributed by atoms with Gasteiger partial charge in [0.15, 0.2) is 0 Å². The molecule has 5 fully saturated rings. The van der Waals surface area contributed by atoms with Crippen molar-refractivity contribution in [1.29, 1.82) is 0 Å². The van der Waals surface area contributed by atoms with Crippen molar-refractivity contribution in [1.82, 2.24) is 87.8 Å². The summed E-state index contributed by atoms with van der Waals surface area (Å²) >= 11 is 0. The Hall–Kier alpha value is -15.1. The van der Waals surface area contributed by atoms with Crippen molar-refractivity contribution >= 4 is 102 Å². The van der Waals surface area contributed by atoms with Gasteiger partial charge >= 0.3 is 0 Å². The highest BCUT2D eigenvalue weighted by Gasteiger charge is 2.32. The van der Waals surface area contributed by atoms with Gasteiger partial charge < -0.3 is 77.1 Å². The first-order valence-electron chi connectivity index (χ1n) is 48.2. The maximum Gasteiger partial charge on any atom is 0.255 e. The van der Waals surface area contributed by atoms with Gasteiger partial charge in [0.05, 0.1) is 48.6 Å². The Morgan fingerprint density at radius 1 is 0.345 bits per heavy atom. The van der Waals surface area contributed by atoms with E-state index in [-0.39, 0.29) is 59.3 Å². The molecule has 5 aliphatic heterocycles. The predicted molar refractivity (Wildman–Crippen MR) is 541 cm³/mol. The molecule has 0 saturated carbocycles. The van der Waals surface area contributed by atoms with Crippen LogP contribution in [0.2, 0.25) is 0 Å². The van der Waals surface area contributed by atoms with Crippen LogP contribution in [-0.4, -0.2) is 244 Å². The Kier molecular flexibility index (Phi) is 31.2. The number of piperidine rings is 5. The molecule has 0 spiro atoms. The number of hydrogen-bond acceptors (Lipinski definition) is 16. The van der Waals surface area contributed by atoms with E-state index in [2.05, 4.69) is 63.2 Å². The third kappa shape index (κ3) is 22.6. The first-order chi connectivity index (χ1) is 67.5. The van der Waals surface area contributed by atoms with Crippen LogP contribution in [0.25, 0.3) is 83.6 Å². The molecular weight excluding hydrogens is 1750 g/mol. The summed E-state index contributed by atoms with van der Waals surface area (Å²) in [5.74, 6) is 2.82. The highest BCUT2D eigenvalue weighted by atomic mass is 16.5. The fourth-order valence-electron chi connectivity index (χ4n) is 19.1. The van der Waals surface area contributed by atoms with E-state index in [0.717, 1.165) is 199 Å². The smallest absolute Gasteiger partial charge is 0.255 e. The molecule has 139 heavy (non-hydrogen) atoms. The standard InChI is InChI=1S/C23H26N4O3.C22H24N4O2.2C22H25N3O2.C21H22N4O2/c1-30-14-10-24-22(28)17-5-7-20(8-6-17)27-13-9-18-15-19(16-25-21(18)27)23(29)26-11-3-2-4-12-26;1-24(2)21(27)16-6-8-19(9-7-16)26-13-10-17-14-18(15-23-20(17)26)22(28)25-11-4-3-5-12-25;1-15-10-16(2)14-24(13-15)22(26)18-11-17-8-9-25(21(17)23-12-18)19-4-6-20(27-3)7-5-19;1-15-5-4-6-16(2)25(15)22(26)18-13-17-11-12-24(21(17)23-14-18)19-7-9-20(27-3)10-8-19;1-22-20(26)15-5-7-18(8-6-15)25-12-9-16-13-17(14-23-19(16)25)21(27)24-10-3-2-4-11-24/h5-9,13,15-16H,2-4,10-12,14H2,1H3,(H,24,28);6-10,13-15H,3-5,11-12H2,1-2H3;4-9,11-12,15-16H,10,13-14H2,1-3H3;7-16H,4-6H2,1-3H3;5-9,12-14H,2-4,10-11H2,1H3,(H,22,26)/t;;2*15-,16+;. The molecule has 5 saturated heterocycles. The van der Waals surface area contributed by atoms with Crippen LogP contribution in [-0.2, 0) is 4.74 Å². The van der Waals surface area contributed by atoms with Crippen molar-refractivity contribution in [2.75, 3.05) is 108 Å². The molecule has 5 aliphatic rings.